The van der Waals surface area contributed by atoms with Gasteiger partial charge in [-0.15, -0.1) is 16.7 Å². The highest BCUT2D eigenvalue weighted by molar-refractivity contribution is 7.67. The maximum atomic E-state index is 5.76. The summed E-state index contributed by atoms with van der Waals surface area (Å²) in [6.07, 6.45) is 0.772. The second kappa shape index (κ2) is 3.13. The molecule has 0 saturated carbocycles. The molecule has 0 spiro atoms. The van der Waals surface area contributed by atoms with Crippen molar-refractivity contribution in [3.63, 3.8) is 0 Å². The molecule has 54 valence electrons. The van der Waals surface area contributed by atoms with Gasteiger partial charge in [0.05, 0.1) is 12.4 Å². The standard InChI is InChI=1S/C4H11ClN2OP/c5-1-4-9(6)7-2-3-8-9/h7H,1-4,6H2/q+1. The summed E-state index contributed by atoms with van der Waals surface area (Å²) in [7, 11) is -1.70. The van der Waals surface area contributed by atoms with Crippen molar-refractivity contribution in [1.82, 2.24) is 5.09 Å². The van der Waals surface area contributed by atoms with Gasteiger partial charge in [-0.2, -0.15) is 10.0 Å². The van der Waals surface area contributed by atoms with Crippen LogP contribution in [0.4, 0.5) is 0 Å². The van der Waals surface area contributed by atoms with Crippen LogP contribution in [0.3, 0.4) is 0 Å². The predicted octanol–water partition coefficient (Wildman–Crippen LogP) is 0.566. The molecule has 1 aliphatic rings. The Labute approximate surface area is 60.4 Å². The fraction of sp³-hybridized carbons (Fsp3) is 1.00. The van der Waals surface area contributed by atoms with Crippen molar-refractivity contribution in [2.24, 2.45) is 5.50 Å². The summed E-state index contributed by atoms with van der Waals surface area (Å²) in [5.74, 6) is 0.581. The van der Waals surface area contributed by atoms with Crippen LogP contribution in [0.25, 0.3) is 0 Å². The first-order valence-electron chi connectivity index (χ1n) is 2.89. The quantitative estimate of drug-likeness (QED) is 0.469. The Bertz CT molecular complexity index is 96.6. The maximum Gasteiger partial charge on any atom is 0.283 e. The molecular formula is C4H11ClN2OP+. The van der Waals surface area contributed by atoms with E-state index < -0.39 is 7.79 Å². The van der Waals surface area contributed by atoms with Gasteiger partial charge in [-0.05, 0) is 0 Å². The van der Waals surface area contributed by atoms with Crippen LogP contribution in [0, 0.1) is 0 Å². The Kier molecular flexibility index (Phi) is 2.68. The summed E-state index contributed by atoms with van der Waals surface area (Å²) in [5.41, 5.74) is 5.76. The highest BCUT2D eigenvalue weighted by atomic mass is 35.5. The lowest BCUT2D eigenvalue weighted by Gasteiger charge is -2.09. The van der Waals surface area contributed by atoms with E-state index in [-0.39, 0.29) is 0 Å². The Balaban J connectivity index is 2.32. The van der Waals surface area contributed by atoms with Gasteiger partial charge in [0.15, 0.2) is 0 Å². The monoisotopic (exact) mass is 169 g/mol. The second-order valence-electron chi connectivity index (χ2n) is 1.95. The normalized spacial score (nSPS) is 35.3. The molecule has 1 saturated heterocycles. The van der Waals surface area contributed by atoms with E-state index in [2.05, 4.69) is 5.09 Å². The molecule has 0 radical (unpaired) electrons. The van der Waals surface area contributed by atoms with E-state index in [9.17, 15) is 0 Å². The maximum absolute atomic E-state index is 5.76. The van der Waals surface area contributed by atoms with Crippen LogP contribution in [0.1, 0.15) is 0 Å². The minimum Gasteiger partial charge on any atom is -0.199 e. The molecule has 5 heteroatoms. The lowest BCUT2D eigenvalue weighted by molar-refractivity contribution is 0.387. The Hall–Kier alpha value is 0.600. The van der Waals surface area contributed by atoms with E-state index in [4.69, 9.17) is 21.6 Å². The number of rotatable bonds is 2. The number of halogens is 1. The molecular weight excluding hydrogens is 158 g/mol. The van der Waals surface area contributed by atoms with Gasteiger partial charge in [-0.25, -0.2) is 0 Å². The summed E-state index contributed by atoms with van der Waals surface area (Å²) in [6, 6.07) is 0. The molecule has 3 nitrogen and oxygen atoms in total. The van der Waals surface area contributed by atoms with Crippen LogP contribution in [0.15, 0.2) is 0 Å². The SMILES string of the molecule is N[P+]1(CCCl)NCCO1. The molecule has 0 aromatic carbocycles. The van der Waals surface area contributed by atoms with Gasteiger partial charge >= 0.3 is 0 Å². The van der Waals surface area contributed by atoms with Gasteiger partial charge in [0.25, 0.3) is 7.79 Å². The lowest BCUT2D eigenvalue weighted by atomic mass is 10.8. The Morgan fingerprint density at radius 1 is 1.78 bits per heavy atom. The zero-order chi connectivity index (χ0) is 6.74. The van der Waals surface area contributed by atoms with Crippen LogP contribution in [0.5, 0.6) is 0 Å². The molecule has 0 aromatic heterocycles. The van der Waals surface area contributed by atoms with Gasteiger partial charge < -0.3 is 0 Å². The number of nitrogens with one attached hydrogen (secondary N) is 1. The van der Waals surface area contributed by atoms with Crippen LogP contribution < -0.4 is 10.6 Å². The van der Waals surface area contributed by atoms with Crippen LogP contribution in [-0.4, -0.2) is 25.2 Å². The van der Waals surface area contributed by atoms with Crippen molar-refractivity contribution in [1.29, 1.82) is 0 Å². The smallest absolute Gasteiger partial charge is 0.199 e. The van der Waals surface area contributed by atoms with Crippen LogP contribution in [0.2, 0.25) is 0 Å². The number of nitrogens with two attached hydrogens (primary N) is 1. The van der Waals surface area contributed by atoms with Crippen molar-refractivity contribution in [2.45, 2.75) is 0 Å². The topological polar surface area (TPSA) is 47.3 Å². The van der Waals surface area contributed by atoms with Crippen molar-refractivity contribution < 1.29 is 4.52 Å². The third kappa shape index (κ3) is 2.03. The van der Waals surface area contributed by atoms with Crippen molar-refractivity contribution >= 4 is 19.4 Å². The molecule has 1 fully saturated rings. The highest BCUT2D eigenvalue weighted by Gasteiger charge is 2.38. The summed E-state index contributed by atoms with van der Waals surface area (Å²) in [6.45, 7) is 1.61. The molecule has 0 aromatic rings. The summed E-state index contributed by atoms with van der Waals surface area (Å²) >= 11 is 5.50. The van der Waals surface area contributed by atoms with E-state index in [1.54, 1.807) is 0 Å². The zero-order valence-electron chi connectivity index (χ0n) is 5.14. The molecule has 0 bridgehead atoms. The largest absolute Gasteiger partial charge is 0.283 e. The van der Waals surface area contributed by atoms with Gasteiger partial charge in [0, 0.05) is 0 Å². The first kappa shape index (κ1) is 7.70. The molecule has 1 rings (SSSR count). The zero-order valence-corrected chi connectivity index (χ0v) is 6.79. The molecule has 1 heterocycles. The fourth-order valence-corrected chi connectivity index (χ4v) is 3.03. The number of alkyl halides is 1. The van der Waals surface area contributed by atoms with Gasteiger partial charge in [0.1, 0.15) is 12.8 Å². The first-order chi connectivity index (χ1) is 4.27. The van der Waals surface area contributed by atoms with Crippen LogP contribution in [-0.2, 0) is 4.52 Å². The van der Waals surface area contributed by atoms with E-state index >= 15 is 0 Å². The minimum absolute atomic E-state index is 0.581. The molecule has 1 unspecified atom stereocenters. The molecule has 9 heavy (non-hydrogen) atoms. The molecule has 3 N–H and O–H groups in total. The highest BCUT2D eigenvalue weighted by Crippen LogP contribution is 2.49. The summed E-state index contributed by atoms with van der Waals surface area (Å²) in [4.78, 5) is 0. The van der Waals surface area contributed by atoms with Gasteiger partial charge in [-0.1, -0.05) is 0 Å². The number of hydrogen-bond donors (Lipinski definition) is 2. The fourth-order valence-electron chi connectivity index (χ4n) is 0.758. The number of hydrogen-bond acceptors (Lipinski definition) is 3. The van der Waals surface area contributed by atoms with Gasteiger partial charge in [-0.3, -0.25) is 0 Å². The first-order valence-corrected chi connectivity index (χ1v) is 5.39. The summed E-state index contributed by atoms with van der Waals surface area (Å²) in [5, 5.41) is 3.12. The minimum atomic E-state index is -1.70. The molecule has 0 aliphatic carbocycles. The molecule has 1 atom stereocenters. The molecule has 1 aliphatic heterocycles. The third-order valence-corrected chi connectivity index (χ3v) is 3.96. The Morgan fingerprint density at radius 2 is 2.56 bits per heavy atom. The van der Waals surface area contributed by atoms with E-state index in [1.807, 2.05) is 0 Å². The van der Waals surface area contributed by atoms with E-state index in [0.29, 0.717) is 5.88 Å². The third-order valence-electron chi connectivity index (χ3n) is 1.22. The van der Waals surface area contributed by atoms with Crippen LogP contribution >= 0.6 is 19.4 Å². The average Bonchev–Trinajstić information content (AvgIpc) is 2.16. The van der Waals surface area contributed by atoms with E-state index in [0.717, 1.165) is 19.3 Å². The summed E-state index contributed by atoms with van der Waals surface area (Å²) < 4.78 is 5.27. The van der Waals surface area contributed by atoms with Crippen molar-refractivity contribution in [2.75, 3.05) is 25.2 Å². The van der Waals surface area contributed by atoms with Crippen molar-refractivity contribution in [3.8, 4) is 0 Å². The van der Waals surface area contributed by atoms with Gasteiger partial charge in [0.2, 0.25) is 0 Å². The average molecular weight is 170 g/mol. The molecule has 0 amide bonds. The predicted molar refractivity (Wildman–Crippen MR) is 40.6 cm³/mol. The van der Waals surface area contributed by atoms with Crippen molar-refractivity contribution in [3.05, 3.63) is 0 Å². The van der Waals surface area contributed by atoms with E-state index in [1.165, 1.54) is 0 Å². The second-order valence-corrected chi connectivity index (χ2v) is 4.94. The Morgan fingerprint density at radius 3 is 3.00 bits per heavy atom. The lowest BCUT2D eigenvalue weighted by Crippen LogP contribution is -2.20.